The molecule has 0 bridgehead atoms. The molecule has 0 saturated carbocycles. The predicted molar refractivity (Wildman–Crippen MR) is 107 cm³/mol. The Bertz CT molecular complexity index is 829. The largest absolute Gasteiger partial charge is 0.459 e. The molecule has 4 rings (SSSR count). The van der Waals surface area contributed by atoms with Crippen LogP contribution in [0.15, 0.2) is 65.6 Å². The van der Waals surface area contributed by atoms with Crippen LogP contribution in [0.1, 0.15) is 18.4 Å². The Morgan fingerprint density at radius 2 is 1.79 bits per heavy atom. The molecule has 0 radical (unpaired) electrons. The molecule has 2 aromatic rings. The van der Waals surface area contributed by atoms with Gasteiger partial charge >= 0.3 is 5.97 Å². The van der Waals surface area contributed by atoms with Crippen LogP contribution in [0, 0.1) is 5.92 Å². The molecule has 2 unspecified atom stereocenters. The van der Waals surface area contributed by atoms with Gasteiger partial charge in [0.1, 0.15) is 12.6 Å². The zero-order valence-electron chi connectivity index (χ0n) is 15.4. The maximum absolute atomic E-state index is 12.9. The van der Waals surface area contributed by atoms with Gasteiger partial charge in [0.2, 0.25) is 5.91 Å². The fraction of sp³-hybridized carbons (Fsp3) is 0.364. The van der Waals surface area contributed by atoms with Crippen molar-refractivity contribution < 1.29 is 19.4 Å². The van der Waals surface area contributed by atoms with Gasteiger partial charge in [-0.3, -0.25) is 4.79 Å². The monoisotopic (exact) mass is 397 g/mol. The summed E-state index contributed by atoms with van der Waals surface area (Å²) < 4.78 is 5.58. The van der Waals surface area contributed by atoms with Gasteiger partial charge < -0.3 is 14.7 Å². The van der Waals surface area contributed by atoms with Crippen molar-refractivity contribution in [3.8, 4) is 0 Å². The molecule has 0 aromatic heterocycles. The average Bonchev–Trinajstić information content (AvgIpc) is 3.06. The number of aliphatic hydroxyl groups is 1. The molecular weight excluding hydrogens is 374 g/mol. The van der Waals surface area contributed by atoms with Crippen LogP contribution < -0.4 is 0 Å². The number of esters is 1. The van der Waals surface area contributed by atoms with Crippen LogP contribution in [0.25, 0.3) is 0 Å². The summed E-state index contributed by atoms with van der Waals surface area (Å²) in [6.45, 7) is 0.187. The number of hydrogen-bond donors (Lipinski definition) is 1. The number of carbonyl (C=O) groups is 2. The second kappa shape index (κ2) is 8.37. The summed E-state index contributed by atoms with van der Waals surface area (Å²) in [5.74, 6) is -0.580. The van der Waals surface area contributed by atoms with Crippen molar-refractivity contribution in [2.75, 3.05) is 6.61 Å². The van der Waals surface area contributed by atoms with E-state index in [4.69, 9.17) is 4.74 Å². The van der Waals surface area contributed by atoms with E-state index in [0.29, 0.717) is 6.42 Å². The molecule has 1 N–H and O–H groups in total. The standard InChI is InChI=1S/C22H23NO4S/c24-12-11-17-18-13-19(28-16-9-5-2-6-10-16)20(23(18)21(17)25)22(26)27-14-15-7-3-1-4-8-15/h1-10,17-20,24H,11-14H2/t17-,18+,19?,20?/m1/s1. The number of benzene rings is 2. The molecular formula is C22H23NO4S. The van der Waals surface area contributed by atoms with Crippen molar-refractivity contribution in [1.82, 2.24) is 4.90 Å². The molecule has 28 heavy (non-hydrogen) atoms. The van der Waals surface area contributed by atoms with Crippen LogP contribution >= 0.6 is 11.8 Å². The minimum absolute atomic E-state index is 0.00939. The maximum atomic E-state index is 12.9. The average molecular weight is 397 g/mol. The number of ether oxygens (including phenoxy) is 1. The molecule has 6 heteroatoms. The Hall–Kier alpha value is -2.31. The lowest BCUT2D eigenvalue weighted by molar-refractivity contribution is -0.167. The molecule has 0 spiro atoms. The molecule has 2 saturated heterocycles. The molecule has 2 aliphatic heterocycles. The van der Waals surface area contributed by atoms with Crippen molar-refractivity contribution in [1.29, 1.82) is 0 Å². The summed E-state index contributed by atoms with van der Waals surface area (Å²) in [5, 5.41) is 9.21. The van der Waals surface area contributed by atoms with E-state index in [1.54, 1.807) is 16.7 Å². The van der Waals surface area contributed by atoms with Gasteiger partial charge in [0.05, 0.1) is 5.92 Å². The first kappa shape index (κ1) is 19.0. The predicted octanol–water partition coefficient (Wildman–Crippen LogP) is 2.87. The lowest BCUT2D eigenvalue weighted by Crippen LogP contribution is -2.62. The first-order chi connectivity index (χ1) is 13.7. The molecule has 146 valence electrons. The third-order valence-corrected chi connectivity index (χ3v) is 6.75. The number of hydrogen-bond acceptors (Lipinski definition) is 5. The second-order valence-electron chi connectivity index (χ2n) is 7.17. The lowest BCUT2D eigenvalue weighted by Gasteiger charge is -2.44. The second-order valence-corrected chi connectivity index (χ2v) is 8.49. The fourth-order valence-electron chi connectivity index (χ4n) is 4.12. The molecule has 5 nitrogen and oxygen atoms in total. The van der Waals surface area contributed by atoms with Gasteiger partial charge in [0, 0.05) is 22.8 Å². The summed E-state index contributed by atoms with van der Waals surface area (Å²) in [7, 11) is 0. The third-order valence-electron chi connectivity index (χ3n) is 5.46. The van der Waals surface area contributed by atoms with E-state index in [1.807, 2.05) is 60.7 Å². The molecule has 2 aliphatic rings. The first-order valence-corrected chi connectivity index (χ1v) is 10.4. The number of nitrogens with zero attached hydrogens (tertiary/aromatic N) is 1. The number of thioether (sulfide) groups is 1. The highest BCUT2D eigenvalue weighted by molar-refractivity contribution is 8.00. The fourth-order valence-corrected chi connectivity index (χ4v) is 5.45. The Morgan fingerprint density at radius 1 is 1.11 bits per heavy atom. The molecule has 4 atom stereocenters. The van der Waals surface area contributed by atoms with Crippen molar-refractivity contribution in [2.45, 2.75) is 41.7 Å². The highest BCUT2D eigenvalue weighted by atomic mass is 32.2. The summed E-state index contributed by atoms with van der Waals surface area (Å²) >= 11 is 1.62. The van der Waals surface area contributed by atoms with E-state index in [1.165, 1.54) is 0 Å². The zero-order valence-corrected chi connectivity index (χ0v) is 16.3. The lowest BCUT2D eigenvalue weighted by atomic mass is 9.85. The van der Waals surface area contributed by atoms with Crippen LogP contribution in [-0.2, 0) is 20.9 Å². The summed E-state index contributed by atoms with van der Waals surface area (Å²) in [5.41, 5.74) is 0.922. The van der Waals surface area contributed by atoms with E-state index in [-0.39, 0.29) is 42.3 Å². The van der Waals surface area contributed by atoms with Crippen LogP contribution in [0.2, 0.25) is 0 Å². The van der Waals surface area contributed by atoms with E-state index >= 15 is 0 Å². The molecule has 2 aromatic carbocycles. The maximum Gasteiger partial charge on any atom is 0.330 e. The number of aliphatic hydroxyl groups excluding tert-OH is 1. The van der Waals surface area contributed by atoms with Crippen LogP contribution in [0.3, 0.4) is 0 Å². The van der Waals surface area contributed by atoms with Crippen molar-refractivity contribution in [2.24, 2.45) is 5.92 Å². The number of β-lactam (4-membered cyclic amide) rings is 1. The third kappa shape index (κ3) is 3.66. The van der Waals surface area contributed by atoms with Crippen molar-refractivity contribution >= 4 is 23.6 Å². The summed E-state index contributed by atoms with van der Waals surface area (Å²) in [6.07, 6.45) is 1.19. The molecule has 2 fully saturated rings. The quantitative estimate of drug-likeness (QED) is 0.575. The highest BCUT2D eigenvalue weighted by Crippen LogP contribution is 2.47. The van der Waals surface area contributed by atoms with Gasteiger partial charge in [-0.15, -0.1) is 11.8 Å². The van der Waals surface area contributed by atoms with Gasteiger partial charge in [-0.2, -0.15) is 0 Å². The number of amides is 1. The number of fused-ring (bicyclic) bond motifs is 1. The number of rotatable bonds is 7. The highest BCUT2D eigenvalue weighted by Gasteiger charge is 2.59. The SMILES string of the molecule is O=C(OCc1ccccc1)C1C(Sc2ccccc2)C[C@H]2[C@@H](CCO)C(=O)N12. The summed E-state index contributed by atoms with van der Waals surface area (Å²) in [4.78, 5) is 28.3. The topological polar surface area (TPSA) is 66.8 Å². The van der Waals surface area contributed by atoms with E-state index in [9.17, 15) is 14.7 Å². The zero-order chi connectivity index (χ0) is 19.5. The smallest absolute Gasteiger partial charge is 0.330 e. The Balaban J connectivity index is 1.50. The van der Waals surface area contributed by atoms with Crippen molar-refractivity contribution in [3.05, 3.63) is 66.2 Å². The van der Waals surface area contributed by atoms with Crippen LogP contribution in [0.4, 0.5) is 0 Å². The van der Waals surface area contributed by atoms with Crippen molar-refractivity contribution in [3.63, 3.8) is 0 Å². The van der Waals surface area contributed by atoms with E-state index in [0.717, 1.165) is 16.9 Å². The molecule has 1 amide bonds. The van der Waals surface area contributed by atoms with Gasteiger partial charge in [0.15, 0.2) is 0 Å². The van der Waals surface area contributed by atoms with Gasteiger partial charge in [-0.1, -0.05) is 48.5 Å². The van der Waals surface area contributed by atoms with Gasteiger partial charge in [0.25, 0.3) is 0 Å². The minimum Gasteiger partial charge on any atom is -0.459 e. The Kier molecular flexibility index (Phi) is 5.69. The van der Waals surface area contributed by atoms with E-state index < -0.39 is 6.04 Å². The Morgan fingerprint density at radius 3 is 2.46 bits per heavy atom. The Labute approximate surface area is 168 Å². The normalized spacial score (nSPS) is 25.9. The number of carbonyl (C=O) groups excluding carboxylic acids is 2. The minimum atomic E-state index is -0.582. The summed E-state index contributed by atoms with van der Waals surface area (Å²) in [6, 6.07) is 18.9. The van der Waals surface area contributed by atoms with Crippen LogP contribution in [0.5, 0.6) is 0 Å². The molecule has 0 aliphatic carbocycles. The van der Waals surface area contributed by atoms with E-state index in [2.05, 4.69) is 0 Å². The van der Waals surface area contributed by atoms with Gasteiger partial charge in [-0.05, 0) is 30.5 Å². The van der Waals surface area contributed by atoms with Crippen LogP contribution in [-0.4, -0.2) is 45.8 Å². The molecule has 2 heterocycles. The first-order valence-electron chi connectivity index (χ1n) is 9.54. The van der Waals surface area contributed by atoms with Gasteiger partial charge in [-0.25, -0.2) is 4.79 Å².